The molecule has 0 aliphatic heterocycles. The second-order valence-electron chi connectivity index (χ2n) is 6.36. The summed E-state index contributed by atoms with van der Waals surface area (Å²) in [6, 6.07) is 14.2. The highest BCUT2D eigenvalue weighted by Gasteiger charge is 2.11. The molecule has 0 bridgehead atoms. The molecule has 0 radical (unpaired) electrons. The van der Waals surface area contributed by atoms with E-state index in [-0.39, 0.29) is 12.5 Å². The van der Waals surface area contributed by atoms with Crippen LogP contribution in [0.5, 0.6) is 5.75 Å². The molecule has 1 N–H and O–H groups in total. The molecule has 5 nitrogen and oxygen atoms in total. The Morgan fingerprint density at radius 1 is 1.04 bits per heavy atom. The van der Waals surface area contributed by atoms with Crippen molar-refractivity contribution in [3.05, 3.63) is 59.7 Å². The second kappa shape index (κ2) is 9.61. The van der Waals surface area contributed by atoms with Crippen LogP contribution in [0.3, 0.4) is 0 Å². The van der Waals surface area contributed by atoms with E-state index in [0.29, 0.717) is 23.8 Å². The molecule has 0 aliphatic carbocycles. The van der Waals surface area contributed by atoms with Crippen LogP contribution in [-0.2, 0) is 16.0 Å². The van der Waals surface area contributed by atoms with Crippen LogP contribution < -0.4 is 10.1 Å². The lowest BCUT2D eigenvalue weighted by molar-refractivity contribution is -0.119. The quantitative estimate of drug-likeness (QED) is 0.725. The van der Waals surface area contributed by atoms with Gasteiger partial charge in [0.15, 0.2) is 6.61 Å². The highest BCUT2D eigenvalue weighted by atomic mass is 16.5. The Bertz CT molecular complexity index is 738. The fourth-order valence-electron chi connectivity index (χ4n) is 2.30. The monoisotopic (exact) mass is 355 g/mol. The Labute approximate surface area is 154 Å². The van der Waals surface area contributed by atoms with Gasteiger partial charge in [0.1, 0.15) is 5.75 Å². The number of hydrogen-bond donors (Lipinski definition) is 1. The number of amides is 1. The molecule has 2 aromatic rings. The zero-order valence-corrected chi connectivity index (χ0v) is 15.5. The van der Waals surface area contributed by atoms with Crippen LogP contribution in [0, 0.1) is 5.92 Å². The Hall–Kier alpha value is -2.82. The molecule has 1 amide bonds. The molecule has 0 aliphatic rings. The van der Waals surface area contributed by atoms with E-state index < -0.39 is 5.97 Å². The molecule has 138 valence electrons. The molecule has 0 fully saturated rings. The van der Waals surface area contributed by atoms with Crippen molar-refractivity contribution in [2.45, 2.75) is 27.2 Å². The summed E-state index contributed by atoms with van der Waals surface area (Å²) in [5.41, 5.74) is 2.15. The molecule has 0 aromatic heterocycles. The zero-order chi connectivity index (χ0) is 18.9. The minimum atomic E-state index is -0.542. The van der Waals surface area contributed by atoms with Gasteiger partial charge in [0, 0.05) is 5.69 Å². The number of ether oxygens (including phenoxy) is 2. The molecule has 0 saturated heterocycles. The van der Waals surface area contributed by atoms with E-state index in [1.807, 2.05) is 31.2 Å². The summed E-state index contributed by atoms with van der Waals surface area (Å²) in [5.74, 6) is 0.218. The molecule has 2 rings (SSSR count). The maximum atomic E-state index is 12.1. The van der Waals surface area contributed by atoms with Gasteiger partial charge in [-0.3, -0.25) is 4.79 Å². The predicted octanol–water partition coefficient (Wildman–Crippen LogP) is 4.08. The number of rotatable bonds is 8. The van der Waals surface area contributed by atoms with E-state index in [9.17, 15) is 9.59 Å². The van der Waals surface area contributed by atoms with Gasteiger partial charge in [-0.25, -0.2) is 4.79 Å². The standard InChI is InChI=1S/C21H25NO4/c1-4-16-7-5-6-8-19(16)22-20(23)14-26-21(24)17-9-11-18(12-10-17)25-13-15(2)3/h5-12,15H,4,13-14H2,1-3H3,(H,22,23). The van der Waals surface area contributed by atoms with Crippen LogP contribution in [0.2, 0.25) is 0 Å². The van der Waals surface area contributed by atoms with Crippen molar-refractivity contribution >= 4 is 17.6 Å². The van der Waals surface area contributed by atoms with Crippen LogP contribution in [0.4, 0.5) is 5.69 Å². The number of benzene rings is 2. The molecule has 26 heavy (non-hydrogen) atoms. The number of para-hydroxylation sites is 1. The van der Waals surface area contributed by atoms with E-state index in [2.05, 4.69) is 19.2 Å². The fraction of sp³-hybridized carbons (Fsp3) is 0.333. The van der Waals surface area contributed by atoms with E-state index in [1.54, 1.807) is 24.3 Å². The lowest BCUT2D eigenvalue weighted by Crippen LogP contribution is -2.21. The first kappa shape index (κ1) is 19.5. The Morgan fingerprint density at radius 3 is 2.38 bits per heavy atom. The average molecular weight is 355 g/mol. The van der Waals surface area contributed by atoms with Gasteiger partial charge in [0.05, 0.1) is 12.2 Å². The third kappa shape index (κ3) is 5.92. The summed E-state index contributed by atoms with van der Waals surface area (Å²) >= 11 is 0. The molecule has 0 saturated carbocycles. The molecule has 5 heteroatoms. The first-order chi connectivity index (χ1) is 12.5. The summed E-state index contributed by atoms with van der Waals surface area (Å²) in [7, 11) is 0. The third-order valence-corrected chi connectivity index (χ3v) is 3.68. The van der Waals surface area contributed by atoms with Gasteiger partial charge in [0.25, 0.3) is 5.91 Å². The van der Waals surface area contributed by atoms with Crippen LogP contribution in [-0.4, -0.2) is 25.1 Å². The minimum Gasteiger partial charge on any atom is -0.493 e. The first-order valence-electron chi connectivity index (χ1n) is 8.77. The van der Waals surface area contributed by atoms with E-state index in [0.717, 1.165) is 17.7 Å². The predicted molar refractivity (Wildman–Crippen MR) is 102 cm³/mol. The summed E-state index contributed by atoms with van der Waals surface area (Å²) in [5, 5.41) is 2.77. The highest BCUT2D eigenvalue weighted by molar-refractivity contribution is 5.95. The van der Waals surface area contributed by atoms with E-state index in [1.165, 1.54) is 0 Å². The number of carbonyl (C=O) groups is 2. The number of nitrogens with one attached hydrogen (secondary N) is 1. The Kier molecular flexibility index (Phi) is 7.21. The number of aryl methyl sites for hydroxylation is 1. The van der Waals surface area contributed by atoms with Gasteiger partial charge < -0.3 is 14.8 Å². The summed E-state index contributed by atoms with van der Waals surface area (Å²) < 4.78 is 10.7. The second-order valence-corrected chi connectivity index (χ2v) is 6.36. The van der Waals surface area contributed by atoms with E-state index >= 15 is 0 Å². The number of carbonyl (C=O) groups excluding carboxylic acids is 2. The van der Waals surface area contributed by atoms with Crippen molar-refractivity contribution in [1.82, 2.24) is 0 Å². The summed E-state index contributed by atoms with van der Waals surface area (Å²) in [6.07, 6.45) is 0.807. The van der Waals surface area contributed by atoms with Crippen LogP contribution in [0.25, 0.3) is 0 Å². The molecule has 0 unspecified atom stereocenters. The smallest absolute Gasteiger partial charge is 0.338 e. The average Bonchev–Trinajstić information content (AvgIpc) is 2.65. The van der Waals surface area contributed by atoms with Gasteiger partial charge in [-0.2, -0.15) is 0 Å². The largest absolute Gasteiger partial charge is 0.493 e. The molecule has 2 aromatic carbocycles. The molecular weight excluding hydrogens is 330 g/mol. The SMILES string of the molecule is CCc1ccccc1NC(=O)COC(=O)c1ccc(OCC(C)C)cc1. The Morgan fingerprint density at radius 2 is 1.73 bits per heavy atom. The van der Waals surface area contributed by atoms with Crippen molar-refractivity contribution in [3.8, 4) is 5.75 Å². The van der Waals surface area contributed by atoms with Gasteiger partial charge in [0.2, 0.25) is 0 Å². The lowest BCUT2D eigenvalue weighted by Gasteiger charge is -2.11. The van der Waals surface area contributed by atoms with Crippen molar-refractivity contribution in [2.75, 3.05) is 18.5 Å². The summed E-state index contributed by atoms with van der Waals surface area (Å²) in [4.78, 5) is 24.1. The maximum Gasteiger partial charge on any atom is 0.338 e. The number of hydrogen-bond acceptors (Lipinski definition) is 4. The maximum absolute atomic E-state index is 12.1. The molecule has 0 heterocycles. The first-order valence-corrected chi connectivity index (χ1v) is 8.77. The summed E-state index contributed by atoms with van der Waals surface area (Å²) in [6.45, 7) is 6.43. The van der Waals surface area contributed by atoms with Crippen molar-refractivity contribution in [1.29, 1.82) is 0 Å². The zero-order valence-electron chi connectivity index (χ0n) is 15.5. The van der Waals surface area contributed by atoms with Crippen LogP contribution in [0.15, 0.2) is 48.5 Å². The van der Waals surface area contributed by atoms with Crippen LogP contribution >= 0.6 is 0 Å². The third-order valence-electron chi connectivity index (χ3n) is 3.68. The van der Waals surface area contributed by atoms with Crippen molar-refractivity contribution < 1.29 is 19.1 Å². The van der Waals surface area contributed by atoms with Gasteiger partial charge in [-0.15, -0.1) is 0 Å². The molecule has 0 spiro atoms. The van der Waals surface area contributed by atoms with Crippen molar-refractivity contribution in [2.24, 2.45) is 5.92 Å². The Balaban J connectivity index is 1.85. The van der Waals surface area contributed by atoms with Gasteiger partial charge in [-0.05, 0) is 48.2 Å². The minimum absolute atomic E-state index is 0.331. The van der Waals surface area contributed by atoms with E-state index in [4.69, 9.17) is 9.47 Å². The number of anilines is 1. The highest BCUT2D eigenvalue weighted by Crippen LogP contribution is 2.16. The molecular formula is C21H25NO4. The van der Waals surface area contributed by atoms with Crippen molar-refractivity contribution in [3.63, 3.8) is 0 Å². The van der Waals surface area contributed by atoms with Crippen LogP contribution in [0.1, 0.15) is 36.7 Å². The van der Waals surface area contributed by atoms with Gasteiger partial charge >= 0.3 is 5.97 Å². The topological polar surface area (TPSA) is 64.6 Å². The fourth-order valence-corrected chi connectivity index (χ4v) is 2.30. The van der Waals surface area contributed by atoms with Gasteiger partial charge in [-0.1, -0.05) is 39.0 Å². The lowest BCUT2D eigenvalue weighted by atomic mass is 10.1. The number of esters is 1. The molecule has 0 atom stereocenters. The normalized spacial score (nSPS) is 10.5.